The Balaban J connectivity index is 1.51. The minimum atomic E-state index is -0.280. The van der Waals surface area contributed by atoms with Crippen molar-refractivity contribution in [3.8, 4) is 6.07 Å². The Bertz CT molecular complexity index is 701. The second-order valence-electron chi connectivity index (χ2n) is 6.33. The van der Waals surface area contributed by atoms with Crippen molar-refractivity contribution in [2.45, 2.75) is 26.2 Å². The number of nitrogens with one attached hydrogen (secondary N) is 2. The topological polar surface area (TPSA) is 86.9 Å². The molecule has 3 rings (SSSR count). The maximum absolute atomic E-state index is 12.4. The molecule has 25 heavy (non-hydrogen) atoms. The van der Waals surface area contributed by atoms with E-state index in [1.165, 1.54) is 4.88 Å². The van der Waals surface area contributed by atoms with E-state index in [1.54, 1.807) is 23.2 Å². The molecule has 0 saturated carbocycles. The molecule has 0 unspecified atom stereocenters. The lowest BCUT2D eigenvalue weighted by Gasteiger charge is -2.31. The summed E-state index contributed by atoms with van der Waals surface area (Å²) in [6, 6.07) is 2.25. The second kappa shape index (κ2) is 7.85. The molecule has 1 saturated heterocycles. The van der Waals surface area contributed by atoms with Gasteiger partial charge in [-0.15, -0.1) is 11.3 Å². The predicted molar refractivity (Wildman–Crippen MR) is 93.8 cm³/mol. The van der Waals surface area contributed by atoms with Gasteiger partial charge in [-0.25, -0.2) is 4.79 Å². The van der Waals surface area contributed by atoms with Gasteiger partial charge in [-0.3, -0.25) is 9.69 Å². The summed E-state index contributed by atoms with van der Waals surface area (Å²) < 4.78 is 5.00. The van der Waals surface area contributed by atoms with Crippen molar-refractivity contribution in [3.05, 3.63) is 16.0 Å². The molecule has 2 heterocycles. The van der Waals surface area contributed by atoms with Crippen LogP contribution in [0, 0.1) is 11.3 Å². The second-order valence-corrected chi connectivity index (χ2v) is 7.44. The number of thiophene rings is 1. The number of carbonyl (C=O) groups is 2. The summed E-state index contributed by atoms with van der Waals surface area (Å²) in [7, 11) is 0. The number of ether oxygens (including phenoxy) is 1. The van der Waals surface area contributed by atoms with Crippen molar-refractivity contribution < 1.29 is 19.2 Å². The number of hydrogen-bond acceptors (Lipinski definition) is 5. The van der Waals surface area contributed by atoms with Crippen LogP contribution in [0.1, 0.15) is 29.3 Å². The van der Waals surface area contributed by atoms with Crippen LogP contribution < -0.4 is 10.2 Å². The Morgan fingerprint density at radius 2 is 2.12 bits per heavy atom. The van der Waals surface area contributed by atoms with Gasteiger partial charge in [0.2, 0.25) is 0 Å². The Morgan fingerprint density at radius 3 is 2.80 bits per heavy atom. The molecule has 2 N–H and O–H groups in total. The number of rotatable bonds is 4. The van der Waals surface area contributed by atoms with Crippen LogP contribution in [-0.4, -0.2) is 56.2 Å². The fraction of sp³-hybridized carbons (Fsp3) is 0.588. The van der Waals surface area contributed by atoms with Gasteiger partial charge >= 0.3 is 6.09 Å². The van der Waals surface area contributed by atoms with Crippen LogP contribution in [0.4, 0.5) is 9.80 Å². The summed E-state index contributed by atoms with van der Waals surface area (Å²) in [4.78, 5) is 28.1. The third-order valence-corrected chi connectivity index (χ3v) is 5.90. The summed E-state index contributed by atoms with van der Waals surface area (Å²) in [6.07, 6.45) is 2.76. The van der Waals surface area contributed by atoms with Crippen LogP contribution in [0.25, 0.3) is 0 Å². The molecule has 134 valence electrons. The Hall–Kier alpha value is -2.11. The van der Waals surface area contributed by atoms with E-state index >= 15 is 0 Å². The highest BCUT2D eigenvalue weighted by Gasteiger charge is 2.27. The fourth-order valence-electron chi connectivity index (χ4n) is 3.41. The molecule has 1 aliphatic carbocycles. The Morgan fingerprint density at radius 1 is 1.36 bits per heavy atom. The van der Waals surface area contributed by atoms with Crippen LogP contribution in [0.3, 0.4) is 0 Å². The number of quaternary nitrogens is 1. The van der Waals surface area contributed by atoms with Crippen molar-refractivity contribution >= 4 is 28.3 Å². The summed E-state index contributed by atoms with van der Waals surface area (Å²) in [5, 5.41) is 13.0. The number of nitrogens with zero attached hydrogens (tertiary/aromatic N) is 2. The number of carbonyl (C=O) groups excluding carboxylic acids is 2. The quantitative estimate of drug-likeness (QED) is 0.811. The zero-order valence-corrected chi connectivity index (χ0v) is 15.2. The third-order valence-electron chi connectivity index (χ3n) is 4.69. The molecule has 0 bridgehead atoms. The summed E-state index contributed by atoms with van der Waals surface area (Å²) >= 11 is 1.54. The average molecular weight is 363 g/mol. The summed E-state index contributed by atoms with van der Waals surface area (Å²) in [6.45, 7) is 5.15. The standard InChI is InChI=1S/C17H22N4O3S/c1-2-24-17(23)21-8-6-20(7-9-21)11-15(22)19-16-13(10-18)12-4-3-5-14(12)25-16/h2-9,11H2,1H3,(H,19,22)/p+1. The zero-order valence-electron chi connectivity index (χ0n) is 14.4. The molecule has 0 spiro atoms. The van der Waals surface area contributed by atoms with Crippen LogP contribution in [0.5, 0.6) is 0 Å². The van der Waals surface area contributed by atoms with Crippen molar-refractivity contribution in [1.29, 1.82) is 5.26 Å². The van der Waals surface area contributed by atoms with Crippen molar-refractivity contribution in [2.24, 2.45) is 0 Å². The average Bonchev–Trinajstić information content (AvgIpc) is 3.16. The van der Waals surface area contributed by atoms with E-state index in [9.17, 15) is 14.9 Å². The van der Waals surface area contributed by atoms with Gasteiger partial charge in [0, 0.05) is 4.88 Å². The summed E-state index contributed by atoms with van der Waals surface area (Å²) in [5.74, 6) is -0.0731. The maximum Gasteiger partial charge on any atom is 0.410 e. The number of piperazine rings is 1. The van der Waals surface area contributed by atoms with E-state index in [0.29, 0.717) is 36.8 Å². The van der Waals surface area contributed by atoms with Gasteiger partial charge in [0.15, 0.2) is 6.54 Å². The molecule has 1 aromatic rings. The van der Waals surface area contributed by atoms with E-state index in [0.717, 1.165) is 42.8 Å². The lowest BCUT2D eigenvalue weighted by Crippen LogP contribution is -3.15. The highest BCUT2D eigenvalue weighted by atomic mass is 32.1. The molecule has 2 aliphatic rings. The molecule has 1 aliphatic heterocycles. The highest BCUT2D eigenvalue weighted by molar-refractivity contribution is 7.16. The number of anilines is 1. The Kier molecular flexibility index (Phi) is 5.56. The SMILES string of the molecule is CCOC(=O)N1CC[NH+](CC(=O)Nc2sc3c(c2C#N)CCC3)CC1. The van der Waals surface area contributed by atoms with E-state index in [1.807, 2.05) is 0 Å². The number of aryl methyl sites for hydroxylation is 1. The zero-order chi connectivity index (χ0) is 17.8. The van der Waals surface area contributed by atoms with Gasteiger partial charge in [-0.1, -0.05) is 0 Å². The highest BCUT2D eigenvalue weighted by Crippen LogP contribution is 2.38. The van der Waals surface area contributed by atoms with Crippen LogP contribution >= 0.6 is 11.3 Å². The number of nitriles is 1. The third kappa shape index (κ3) is 3.94. The smallest absolute Gasteiger partial charge is 0.410 e. The molecule has 7 nitrogen and oxygen atoms in total. The van der Waals surface area contributed by atoms with Crippen LogP contribution in [0.15, 0.2) is 0 Å². The molecule has 0 radical (unpaired) electrons. The van der Waals surface area contributed by atoms with Gasteiger partial charge < -0.3 is 15.0 Å². The number of hydrogen-bond donors (Lipinski definition) is 2. The van der Waals surface area contributed by atoms with Gasteiger partial charge in [0.05, 0.1) is 38.3 Å². The first-order chi connectivity index (χ1) is 12.1. The molecule has 8 heteroatoms. The molecule has 2 amide bonds. The minimum Gasteiger partial charge on any atom is -0.450 e. The largest absolute Gasteiger partial charge is 0.450 e. The first-order valence-corrected chi connectivity index (χ1v) is 9.53. The predicted octanol–water partition coefficient (Wildman–Crippen LogP) is 0.404. The minimum absolute atomic E-state index is 0.0731. The van der Waals surface area contributed by atoms with Crippen LogP contribution in [-0.2, 0) is 22.4 Å². The molecule has 0 aromatic carbocycles. The number of amides is 2. The fourth-order valence-corrected chi connectivity index (χ4v) is 4.66. The van der Waals surface area contributed by atoms with Crippen molar-refractivity contribution in [1.82, 2.24) is 4.90 Å². The monoisotopic (exact) mass is 363 g/mol. The first kappa shape index (κ1) is 17.7. The first-order valence-electron chi connectivity index (χ1n) is 8.72. The summed E-state index contributed by atoms with van der Waals surface area (Å²) in [5.41, 5.74) is 1.77. The number of fused-ring (bicyclic) bond motifs is 1. The Labute approximate surface area is 151 Å². The maximum atomic E-state index is 12.4. The van der Waals surface area contributed by atoms with Crippen molar-refractivity contribution in [3.63, 3.8) is 0 Å². The van der Waals surface area contributed by atoms with Gasteiger partial charge in [-0.2, -0.15) is 5.26 Å². The molecular weight excluding hydrogens is 340 g/mol. The molecule has 1 fully saturated rings. The molecule has 1 aromatic heterocycles. The van der Waals surface area contributed by atoms with E-state index in [2.05, 4.69) is 11.4 Å². The van der Waals surface area contributed by atoms with Gasteiger partial charge in [0.25, 0.3) is 5.91 Å². The van der Waals surface area contributed by atoms with Gasteiger partial charge in [-0.05, 0) is 31.7 Å². The lowest BCUT2D eigenvalue weighted by atomic mass is 10.1. The van der Waals surface area contributed by atoms with E-state index in [-0.39, 0.29) is 12.0 Å². The van der Waals surface area contributed by atoms with E-state index in [4.69, 9.17) is 4.74 Å². The lowest BCUT2D eigenvalue weighted by molar-refractivity contribution is -0.895. The van der Waals surface area contributed by atoms with Crippen LogP contribution in [0.2, 0.25) is 0 Å². The van der Waals surface area contributed by atoms with Gasteiger partial charge in [0.1, 0.15) is 11.1 Å². The molecule has 0 atom stereocenters. The van der Waals surface area contributed by atoms with Crippen molar-refractivity contribution in [2.75, 3.05) is 44.6 Å². The normalized spacial score (nSPS) is 17.0. The molecular formula is C17H23N4O3S+. The van der Waals surface area contributed by atoms with E-state index < -0.39 is 0 Å².